The minimum absolute atomic E-state index is 0.0931. The largest absolute Gasteiger partial charge is 0.466 e. The highest BCUT2D eigenvalue weighted by Crippen LogP contribution is 2.36. The number of aryl methyl sites for hydroxylation is 1. The average molecular weight is 511 g/mol. The highest BCUT2D eigenvalue weighted by Gasteiger charge is 2.36. The maximum atomic E-state index is 14.1. The molecule has 192 valence electrons. The lowest BCUT2D eigenvalue weighted by Gasteiger charge is -2.21. The van der Waals surface area contributed by atoms with E-state index in [-0.39, 0.29) is 24.3 Å². The molecule has 0 fully saturated rings. The first-order chi connectivity index (χ1) is 17.7. The van der Waals surface area contributed by atoms with Crippen LogP contribution in [0.4, 0.5) is 13.2 Å². The Morgan fingerprint density at radius 3 is 2.70 bits per heavy atom. The molecular weight excluding hydrogens is 485 g/mol. The number of hydrogen-bond acceptors (Lipinski definition) is 5. The molecule has 3 aromatic rings. The Bertz CT molecular complexity index is 1360. The lowest BCUT2D eigenvalue weighted by atomic mass is 9.99. The summed E-state index contributed by atoms with van der Waals surface area (Å²) in [7, 11) is 0. The third kappa shape index (κ3) is 5.82. The van der Waals surface area contributed by atoms with Gasteiger partial charge >= 0.3 is 12.1 Å². The lowest BCUT2D eigenvalue weighted by molar-refractivity contribution is -0.143. The summed E-state index contributed by atoms with van der Waals surface area (Å²) in [5.74, 6) is -1.38. The van der Waals surface area contributed by atoms with Crippen molar-refractivity contribution >= 4 is 11.9 Å². The SMILES string of the molecule is CCOC(=O)CC(NC(=O)c1ccc(-n2cnc3c2CCCC3)c(C(F)(F)F)c1)c1cccc(C#N)c1. The van der Waals surface area contributed by atoms with Crippen molar-refractivity contribution in [2.24, 2.45) is 0 Å². The van der Waals surface area contributed by atoms with E-state index in [4.69, 9.17) is 4.74 Å². The molecule has 0 aliphatic heterocycles. The van der Waals surface area contributed by atoms with E-state index in [1.165, 1.54) is 29.1 Å². The summed E-state index contributed by atoms with van der Waals surface area (Å²) in [5.41, 5.74) is 1.05. The molecule has 0 saturated heterocycles. The number of ether oxygens (including phenoxy) is 1. The summed E-state index contributed by atoms with van der Waals surface area (Å²) >= 11 is 0. The second kappa shape index (κ2) is 10.9. The van der Waals surface area contributed by atoms with E-state index in [9.17, 15) is 28.0 Å². The van der Waals surface area contributed by atoms with Crippen LogP contribution in [0.15, 0.2) is 48.8 Å². The van der Waals surface area contributed by atoms with Gasteiger partial charge in [-0.15, -0.1) is 0 Å². The summed E-state index contributed by atoms with van der Waals surface area (Å²) in [5, 5.41) is 11.9. The Morgan fingerprint density at radius 2 is 1.97 bits per heavy atom. The third-order valence-corrected chi connectivity index (χ3v) is 6.25. The standard InChI is InChI=1S/C27H25F3N4O3/c1-2-37-25(35)14-22(18-7-5-6-17(12-18)15-31)33-26(36)19-10-11-23(20(13-19)27(28,29)30)34-16-32-21-8-3-4-9-24(21)34/h5-7,10-13,16,22H,2-4,8-9,14H2,1H3,(H,33,36). The summed E-state index contributed by atoms with van der Waals surface area (Å²) in [6.07, 6.45) is -0.402. The van der Waals surface area contributed by atoms with Gasteiger partial charge in [0.15, 0.2) is 0 Å². The number of alkyl halides is 3. The van der Waals surface area contributed by atoms with Crippen LogP contribution in [0.3, 0.4) is 0 Å². The number of esters is 1. The van der Waals surface area contributed by atoms with Crippen LogP contribution in [0.25, 0.3) is 5.69 Å². The number of rotatable bonds is 7. The van der Waals surface area contributed by atoms with Crippen molar-refractivity contribution in [1.82, 2.24) is 14.9 Å². The molecule has 2 aromatic carbocycles. The molecule has 0 saturated carbocycles. The van der Waals surface area contributed by atoms with Crippen molar-refractivity contribution < 1.29 is 27.5 Å². The first kappa shape index (κ1) is 25.9. The van der Waals surface area contributed by atoms with Gasteiger partial charge in [0.2, 0.25) is 0 Å². The molecule has 7 nitrogen and oxygen atoms in total. The van der Waals surface area contributed by atoms with Gasteiger partial charge in [0, 0.05) is 11.3 Å². The Balaban J connectivity index is 1.67. The first-order valence-electron chi connectivity index (χ1n) is 11.9. The molecule has 1 N–H and O–H groups in total. The van der Waals surface area contributed by atoms with Gasteiger partial charge in [0.05, 0.1) is 54.0 Å². The number of amides is 1. The van der Waals surface area contributed by atoms with E-state index in [0.29, 0.717) is 17.5 Å². The van der Waals surface area contributed by atoms with Gasteiger partial charge in [-0.3, -0.25) is 9.59 Å². The normalized spacial score (nSPS) is 13.8. The minimum atomic E-state index is -4.72. The number of nitrogens with one attached hydrogen (secondary N) is 1. The molecule has 1 aliphatic rings. The summed E-state index contributed by atoms with van der Waals surface area (Å²) in [4.78, 5) is 29.6. The van der Waals surface area contributed by atoms with Crippen LogP contribution in [0.1, 0.15) is 70.7 Å². The second-order valence-electron chi connectivity index (χ2n) is 8.72. The number of aromatic nitrogens is 2. The van der Waals surface area contributed by atoms with E-state index >= 15 is 0 Å². The highest BCUT2D eigenvalue weighted by atomic mass is 19.4. The molecule has 1 amide bonds. The van der Waals surface area contributed by atoms with Gasteiger partial charge in [-0.25, -0.2) is 4.98 Å². The van der Waals surface area contributed by atoms with Crippen molar-refractivity contribution in [3.63, 3.8) is 0 Å². The fourth-order valence-corrected chi connectivity index (χ4v) is 4.50. The number of hydrogen-bond donors (Lipinski definition) is 1. The van der Waals surface area contributed by atoms with E-state index in [0.717, 1.165) is 36.7 Å². The van der Waals surface area contributed by atoms with Crippen LogP contribution >= 0.6 is 0 Å². The molecular formula is C27H25F3N4O3. The first-order valence-corrected chi connectivity index (χ1v) is 11.9. The number of carbonyl (C=O) groups is 2. The lowest BCUT2D eigenvalue weighted by Crippen LogP contribution is -2.31. The molecule has 10 heteroatoms. The van der Waals surface area contributed by atoms with E-state index in [1.807, 2.05) is 6.07 Å². The van der Waals surface area contributed by atoms with Crippen molar-refractivity contribution in [1.29, 1.82) is 5.26 Å². The zero-order chi connectivity index (χ0) is 26.6. The molecule has 1 heterocycles. The molecule has 37 heavy (non-hydrogen) atoms. The number of fused-ring (bicyclic) bond motifs is 1. The van der Waals surface area contributed by atoms with E-state index in [1.54, 1.807) is 25.1 Å². The van der Waals surface area contributed by atoms with Gasteiger partial charge in [-0.2, -0.15) is 18.4 Å². The molecule has 0 bridgehead atoms. The van der Waals surface area contributed by atoms with Crippen LogP contribution in [0, 0.1) is 11.3 Å². The maximum absolute atomic E-state index is 14.1. The molecule has 1 unspecified atom stereocenters. The molecule has 0 spiro atoms. The Morgan fingerprint density at radius 1 is 1.19 bits per heavy atom. The van der Waals surface area contributed by atoms with Gasteiger partial charge in [0.25, 0.3) is 5.91 Å². The summed E-state index contributed by atoms with van der Waals surface area (Å²) in [6, 6.07) is 10.8. The summed E-state index contributed by atoms with van der Waals surface area (Å²) in [6.45, 7) is 1.77. The van der Waals surface area contributed by atoms with Gasteiger partial charge in [0.1, 0.15) is 0 Å². The van der Waals surface area contributed by atoms with Gasteiger partial charge in [-0.1, -0.05) is 12.1 Å². The highest BCUT2D eigenvalue weighted by molar-refractivity contribution is 5.95. The summed E-state index contributed by atoms with van der Waals surface area (Å²) < 4.78 is 48.8. The van der Waals surface area contributed by atoms with Crippen LogP contribution in [-0.4, -0.2) is 28.0 Å². The number of carbonyl (C=O) groups excluding carboxylic acids is 2. The number of benzene rings is 2. The van der Waals surface area contributed by atoms with E-state index < -0.39 is 29.7 Å². The smallest absolute Gasteiger partial charge is 0.418 e. The van der Waals surface area contributed by atoms with Gasteiger partial charge in [-0.05, 0) is 68.5 Å². The average Bonchev–Trinajstić information content (AvgIpc) is 3.31. The molecule has 1 atom stereocenters. The quantitative estimate of drug-likeness (QED) is 0.448. The predicted molar refractivity (Wildman–Crippen MR) is 128 cm³/mol. The Kier molecular flexibility index (Phi) is 7.62. The minimum Gasteiger partial charge on any atom is -0.466 e. The monoisotopic (exact) mass is 510 g/mol. The van der Waals surface area contributed by atoms with Crippen LogP contribution in [0.2, 0.25) is 0 Å². The zero-order valence-corrected chi connectivity index (χ0v) is 20.1. The number of imidazole rings is 1. The topological polar surface area (TPSA) is 97.0 Å². The Hall–Kier alpha value is -4.13. The predicted octanol–water partition coefficient (Wildman–Crippen LogP) is 5.07. The second-order valence-corrected chi connectivity index (χ2v) is 8.72. The molecule has 4 rings (SSSR count). The van der Waals surface area contributed by atoms with Crippen molar-refractivity contribution in [2.45, 2.75) is 51.2 Å². The molecule has 1 aliphatic carbocycles. The van der Waals surface area contributed by atoms with Crippen LogP contribution in [-0.2, 0) is 28.5 Å². The fourth-order valence-electron chi connectivity index (χ4n) is 4.50. The van der Waals surface area contributed by atoms with Crippen molar-refractivity contribution in [3.05, 3.63) is 82.4 Å². The molecule has 1 aromatic heterocycles. The zero-order valence-electron chi connectivity index (χ0n) is 20.1. The van der Waals surface area contributed by atoms with E-state index in [2.05, 4.69) is 10.3 Å². The fraction of sp³-hybridized carbons (Fsp3) is 0.333. The van der Waals surface area contributed by atoms with Crippen molar-refractivity contribution in [2.75, 3.05) is 6.61 Å². The number of halogens is 3. The Labute approximate surface area is 211 Å². The van der Waals surface area contributed by atoms with Gasteiger partial charge < -0.3 is 14.6 Å². The molecule has 0 radical (unpaired) electrons. The van der Waals surface area contributed by atoms with Crippen molar-refractivity contribution in [3.8, 4) is 11.8 Å². The third-order valence-electron chi connectivity index (χ3n) is 6.25. The number of nitriles is 1. The maximum Gasteiger partial charge on any atom is 0.418 e. The number of nitrogens with zero attached hydrogens (tertiary/aromatic N) is 3. The van der Waals surface area contributed by atoms with Crippen LogP contribution in [0.5, 0.6) is 0 Å². The van der Waals surface area contributed by atoms with Crippen LogP contribution < -0.4 is 5.32 Å².